The summed E-state index contributed by atoms with van der Waals surface area (Å²) >= 11 is 0. The molecule has 0 spiro atoms. The van der Waals surface area contributed by atoms with Crippen molar-refractivity contribution in [3.8, 4) is 0 Å². The van der Waals surface area contributed by atoms with Gasteiger partial charge in [0, 0.05) is 13.1 Å². The molecule has 19 heavy (non-hydrogen) atoms. The third-order valence-electron chi connectivity index (χ3n) is 3.58. The molecule has 0 aromatic heterocycles. The molecule has 0 aromatic carbocycles. The Balaban J connectivity index is 2.03. The number of rotatable bonds is 2. The van der Waals surface area contributed by atoms with Crippen molar-refractivity contribution in [2.24, 2.45) is 5.92 Å². The molecule has 0 saturated carbocycles. The van der Waals surface area contributed by atoms with Crippen molar-refractivity contribution in [2.45, 2.75) is 24.7 Å². The average molecular weight is 282 g/mol. The first-order valence-electron chi connectivity index (χ1n) is 6.00. The number of carbonyl (C=O) groups excluding carboxylic acids is 2. The number of hydrogen-bond donors (Lipinski definition) is 0. The van der Waals surface area contributed by atoms with E-state index < -0.39 is 36.8 Å². The molecule has 2 aliphatic heterocycles. The molecule has 2 fully saturated rings. The molecule has 2 rings (SSSR count). The Morgan fingerprint density at radius 1 is 1.16 bits per heavy atom. The summed E-state index contributed by atoms with van der Waals surface area (Å²) in [5.74, 6) is -9.74. The van der Waals surface area contributed by atoms with Gasteiger partial charge in [0.2, 0.25) is 12.3 Å². The summed E-state index contributed by atoms with van der Waals surface area (Å²) in [6.07, 6.45) is 1.57. The molecule has 0 radical (unpaired) electrons. The zero-order valence-corrected chi connectivity index (χ0v) is 10.1. The van der Waals surface area contributed by atoms with Crippen LogP contribution in [0.3, 0.4) is 0 Å². The van der Waals surface area contributed by atoms with Gasteiger partial charge in [-0.25, -0.2) is 0 Å². The second-order valence-corrected chi connectivity index (χ2v) is 5.04. The topological polar surface area (TPSA) is 40.6 Å². The van der Waals surface area contributed by atoms with Gasteiger partial charge in [-0.05, 0) is 12.8 Å². The Bertz CT molecular complexity index is 373. The number of piperidine rings is 1. The maximum Gasteiger partial charge on any atom is 0.329 e. The molecule has 1 unspecified atom stereocenters. The molecule has 2 heterocycles. The predicted molar refractivity (Wildman–Crippen MR) is 56.8 cm³/mol. The third kappa shape index (κ3) is 2.52. The number of carbonyl (C=O) groups is 2. The van der Waals surface area contributed by atoms with Crippen LogP contribution in [0.15, 0.2) is 0 Å². The van der Waals surface area contributed by atoms with Crippen molar-refractivity contribution in [2.75, 3.05) is 26.2 Å². The number of hydrogen-bond acceptors (Lipinski definition) is 2. The maximum atomic E-state index is 13.0. The van der Waals surface area contributed by atoms with Crippen LogP contribution in [0.25, 0.3) is 0 Å². The van der Waals surface area contributed by atoms with Crippen molar-refractivity contribution in [3.05, 3.63) is 0 Å². The van der Waals surface area contributed by atoms with Crippen molar-refractivity contribution in [1.82, 2.24) is 9.80 Å². The lowest BCUT2D eigenvalue weighted by atomic mass is 9.97. The van der Waals surface area contributed by atoms with E-state index in [1.165, 1.54) is 4.90 Å². The average Bonchev–Trinajstić information content (AvgIpc) is 2.57. The van der Waals surface area contributed by atoms with E-state index in [4.69, 9.17) is 0 Å². The number of halogens is 4. The largest absolute Gasteiger partial charge is 0.344 e. The molecule has 2 aliphatic rings. The van der Waals surface area contributed by atoms with E-state index in [1.807, 2.05) is 0 Å². The van der Waals surface area contributed by atoms with Gasteiger partial charge in [-0.15, -0.1) is 0 Å². The summed E-state index contributed by atoms with van der Waals surface area (Å²) in [7, 11) is 0. The minimum Gasteiger partial charge on any atom is -0.344 e. The fraction of sp³-hybridized carbons (Fsp3) is 0.818. The SMILES string of the molecule is O=CN1CCCC(C(=O)N2CC(F)(F)C(F)(F)C2)C1. The number of alkyl halides is 4. The summed E-state index contributed by atoms with van der Waals surface area (Å²) in [5, 5.41) is 0. The van der Waals surface area contributed by atoms with Gasteiger partial charge in [0.05, 0.1) is 19.0 Å². The molecule has 2 saturated heterocycles. The Labute approximate surface area is 107 Å². The van der Waals surface area contributed by atoms with Crippen molar-refractivity contribution in [1.29, 1.82) is 0 Å². The quantitative estimate of drug-likeness (QED) is 0.559. The first kappa shape index (κ1) is 14.1. The van der Waals surface area contributed by atoms with Gasteiger partial charge in [-0.1, -0.05) is 0 Å². The summed E-state index contributed by atoms with van der Waals surface area (Å²) in [4.78, 5) is 24.4. The number of likely N-dealkylation sites (tertiary alicyclic amines) is 2. The highest BCUT2D eigenvalue weighted by atomic mass is 19.3. The molecular formula is C11H14F4N2O2. The lowest BCUT2D eigenvalue weighted by Crippen LogP contribution is -2.44. The molecule has 1 atom stereocenters. The Kier molecular flexibility index (Phi) is 3.44. The second-order valence-electron chi connectivity index (χ2n) is 5.04. The van der Waals surface area contributed by atoms with Crippen LogP contribution in [0.2, 0.25) is 0 Å². The van der Waals surface area contributed by atoms with Crippen LogP contribution in [0.5, 0.6) is 0 Å². The normalized spacial score (nSPS) is 29.4. The monoisotopic (exact) mass is 282 g/mol. The number of amides is 2. The standard InChI is InChI=1S/C11H14F4N2O2/c12-10(13)5-17(6-11(10,14)15)9(19)8-2-1-3-16(4-8)7-18/h7-8H,1-6H2. The molecule has 0 N–H and O–H groups in total. The van der Waals surface area contributed by atoms with Crippen LogP contribution >= 0.6 is 0 Å². The molecule has 0 aliphatic carbocycles. The highest BCUT2D eigenvalue weighted by Gasteiger charge is 2.64. The first-order chi connectivity index (χ1) is 8.77. The Morgan fingerprint density at radius 3 is 2.26 bits per heavy atom. The lowest BCUT2D eigenvalue weighted by Gasteiger charge is -2.31. The minimum absolute atomic E-state index is 0.107. The summed E-state index contributed by atoms with van der Waals surface area (Å²) in [6, 6.07) is 0. The highest BCUT2D eigenvalue weighted by molar-refractivity contribution is 5.80. The summed E-state index contributed by atoms with van der Waals surface area (Å²) in [5.41, 5.74) is 0. The van der Waals surface area contributed by atoms with Crippen LogP contribution in [-0.4, -0.2) is 60.1 Å². The Hall–Kier alpha value is -1.34. The minimum atomic E-state index is -4.18. The van der Waals surface area contributed by atoms with Crippen LogP contribution < -0.4 is 0 Å². The summed E-state index contributed by atoms with van der Waals surface area (Å²) in [6.45, 7) is -1.90. The van der Waals surface area contributed by atoms with Gasteiger partial charge < -0.3 is 9.80 Å². The van der Waals surface area contributed by atoms with Gasteiger partial charge in [0.25, 0.3) is 0 Å². The number of nitrogens with zero attached hydrogens (tertiary/aromatic N) is 2. The van der Waals surface area contributed by atoms with E-state index in [0.29, 0.717) is 30.7 Å². The van der Waals surface area contributed by atoms with Crippen LogP contribution in [0.4, 0.5) is 17.6 Å². The fourth-order valence-electron chi connectivity index (χ4n) is 2.48. The van der Waals surface area contributed by atoms with Crippen LogP contribution in [-0.2, 0) is 9.59 Å². The summed E-state index contributed by atoms with van der Waals surface area (Å²) < 4.78 is 52.1. The molecular weight excluding hydrogens is 268 g/mol. The smallest absolute Gasteiger partial charge is 0.329 e. The van der Waals surface area contributed by atoms with E-state index in [1.54, 1.807) is 0 Å². The van der Waals surface area contributed by atoms with E-state index in [0.717, 1.165) is 0 Å². The molecule has 0 bridgehead atoms. The first-order valence-corrected chi connectivity index (χ1v) is 6.00. The zero-order valence-electron chi connectivity index (χ0n) is 10.1. The maximum absolute atomic E-state index is 13.0. The second kappa shape index (κ2) is 4.64. The fourth-order valence-corrected chi connectivity index (χ4v) is 2.48. The molecule has 2 amide bonds. The lowest BCUT2D eigenvalue weighted by molar-refractivity contribution is -0.172. The van der Waals surface area contributed by atoms with Gasteiger partial charge in [0.15, 0.2) is 0 Å². The van der Waals surface area contributed by atoms with E-state index in [2.05, 4.69) is 0 Å². The van der Waals surface area contributed by atoms with Gasteiger partial charge in [-0.2, -0.15) is 17.6 Å². The van der Waals surface area contributed by atoms with E-state index >= 15 is 0 Å². The Morgan fingerprint density at radius 2 is 1.74 bits per heavy atom. The zero-order chi connectivity index (χ0) is 14.3. The van der Waals surface area contributed by atoms with Gasteiger partial charge in [-0.3, -0.25) is 9.59 Å². The van der Waals surface area contributed by atoms with E-state index in [9.17, 15) is 27.2 Å². The molecule has 0 aromatic rings. The van der Waals surface area contributed by atoms with Gasteiger partial charge >= 0.3 is 11.8 Å². The van der Waals surface area contributed by atoms with E-state index in [-0.39, 0.29) is 6.54 Å². The van der Waals surface area contributed by atoms with Crippen LogP contribution in [0.1, 0.15) is 12.8 Å². The van der Waals surface area contributed by atoms with Crippen molar-refractivity contribution < 1.29 is 27.2 Å². The highest BCUT2D eigenvalue weighted by Crippen LogP contribution is 2.41. The predicted octanol–water partition coefficient (Wildman–Crippen LogP) is 0.968. The van der Waals surface area contributed by atoms with Crippen molar-refractivity contribution >= 4 is 12.3 Å². The molecule has 108 valence electrons. The third-order valence-corrected chi connectivity index (χ3v) is 3.58. The van der Waals surface area contributed by atoms with Crippen molar-refractivity contribution in [3.63, 3.8) is 0 Å². The van der Waals surface area contributed by atoms with Crippen LogP contribution in [0, 0.1) is 5.92 Å². The van der Waals surface area contributed by atoms with Gasteiger partial charge in [0.1, 0.15) is 0 Å². The molecule has 8 heteroatoms. The molecule has 4 nitrogen and oxygen atoms in total.